The average molecular weight is 352 g/mol. The van der Waals surface area contributed by atoms with Gasteiger partial charge in [0, 0.05) is 19.1 Å². The molecule has 0 unspecified atom stereocenters. The second-order valence-electron chi connectivity index (χ2n) is 6.62. The van der Waals surface area contributed by atoms with Crippen LogP contribution in [-0.2, 0) is 4.79 Å². The van der Waals surface area contributed by atoms with Crippen molar-refractivity contribution in [1.29, 1.82) is 0 Å². The number of hydrogen-bond donors (Lipinski definition) is 0. The van der Waals surface area contributed by atoms with E-state index in [1.54, 1.807) is 37.8 Å². The molecular formula is C18H20N6O2. The maximum absolute atomic E-state index is 12.9. The van der Waals surface area contributed by atoms with Gasteiger partial charge in [-0.25, -0.2) is 4.98 Å². The van der Waals surface area contributed by atoms with E-state index in [0.29, 0.717) is 30.0 Å². The third kappa shape index (κ3) is 2.87. The molecule has 1 atom stereocenters. The third-order valence-electron chi connectivity index (χ3n) is 5.10. The molecule has 26 heavy (non-hydrogen) atoms. The van der Waals surface area contributed by atoms with Gasteiger partial charge in [0.2, 0.25) is 5.91 Å². The first-order valence-corrected chi connectivity index (χ1v) is 8.74. The Labute approximate surface area is 150 Å². The molecule has 134 valence electrons. The predicted molar refractivity (Wildman–Crippen MR) is 95.6 cm³/mol. The lowest BCUT2D eigenvalue weighted by Crippen LogP contribution is -2.43. The second kappa shape index (κ2) is 6.70. The van der Waals surface area contributed by atoms with E-state index in [9.17, 15) is 9.59 Å². The molecule has 1 amide bonds. The number of hydrogen-bond acceptors (Lipinski definition) is 5. The Morgan fingerprint density at radius 1 is 1.12 bits per heavy atom. The molecule has 1 aliphatic rings. The largest absolute Gasteiger partial charge is 0.341 e. The van der Waals surface area contributed by atoms with Gasteiger partial charge in [0.05, 0.1) is 17.2 Å². The molecule has 8 heteroatoms. The summed E-state index contributed by atoms with van der Waals surface area (Å²) in [6.07, 6.45) is 6.59. The second-order valence-corrected chi connectivity index (χ2v) is 6.62. The van der Waals surface area contributed by atoms with Gasteiger partial charge in [0.15, 0.2) is 0 Å². The van der Waals surface area contributed by atoms with E-state index in [4.69, 9.17) is 0 Å². The van der Waals surface area contributed by atoms with E-state index in [2.05, 4.69) is 15.2 Å². The number of carbonyl (C=O) groups is 1. The van der Waals surface area contributed by atoms with Crippen LogP contribution in [0.2, 0.25) is 0 Å². The van der Waals surface area contributed by atoms with Gasteiger partial charge in [-0.05, 0) is 31.9 Å². The zero-order valence-corrected chi connectivity index (χ0v) is 14.5. The Hall–Kier alpha value is -3.03. The molecule has 4 rings (SSSR count). The topological polar surface area (TPSA) is 85.9 Å². The van der Waals surface area contributed by atoms with Crippen molar-refractivity contribution in [3.05, 3.63) is 53.6 Å². The summed E-state index contributed by atoms with van der Waals surface area (Å²) in [5, 5.41) is 8.21. The van der Waals surface area contributed by atoms with E-state index in [-0.39, 0.29) is 11.5 Å². The Morgan fingerprint density at radius 3 is 2.54 bits per heavy atom. The number of carbonyl (C=O) groups excluding carboxylic acids is 1. The lowest BCUT2D eigenvalue weighted by atomic mass is 10.0. The van der Waals surface area contributed by atoms with Crippen LogP contribution in [0, 0.1) is 0 Å². The molecule has 0 saturated carbocycles. The molecule has 1 aliphatic heterocycles. The fraction of sp³-hybridized carbons (Fsp3) is 0.389. The zero-order valence-electron chi connectivity index (χ0n) is 14.5. The minimum absolute atomic E-state index is 0.0496. The molecule has 8 nitrogen and oxygen atoms in total. The summed E-state index contributed by atoms with van der Waals surface area (Å²) in [5.41, 5.74) is 0.457. The summed E-state index contributed by atoms with van der Waals surface area (Å²) in [6.45, 7) is 3.07. The van der Waals surface area contributed by atoms with Gasteiger partial charge in [-0.15, -0.1) is 10.2 Å². The monoisotopic (exact) mass is 352 g/mol. The van der Waals surface area contributed by atoms with Crippen molar-refractivity contribution in [2.45, 2.75) is 31.8 Å². The minimum atomic E-state index is -0.578. The van der Waals surface area contributed by atoms with Crippen LogP contribution in [0.1, 0.15) is 31.8 Å². The number of aromatic nitrogens is 5. The predicted octanol–water partition coefficient (Wildman–Crippen LogP) is 1.41. The van der Waals surface area contributed by atoms with Gasteiger partial charge in [0.25, 0.3) is 5.56 Å². The molecule has 0 bridgehead atoms. The van der Waals surface area contributed by atoms with Crippen molar-refractivity contribution in [2.75, 3.05) is 13.1 Å². The highest BCUT2D eigenvalue weighted by molar-refractivity contribution is 5.81. The van der Waals surface area contributed by atoms with Gasteiger partial charge in [-0.2, -0.15) is 0 Å². The van der Waals surface area contributed by atoms with E-state index in [0.717, 1.165) is 12.8 Å². The highest BCUT2D eigenvalue weighted by atomic mass is 16.2. The maximum atomic E-state index is 12.9. The summed E-state index contributed by atoms with van der Waals surface area (Å²) in [4.78, 5) is 31.7. The summed E-state index contributed by atoms with van der Waals surface area (Å²) < 4.78 is 3.42. The van der Waals surface area contributed by atoms with Gasteiger partial charge in [0.1, 0.15) is 18.7 Å². The Morgan fingerprint density at radius 2 is 1.81 bits per heavy atom. The molecule has 0 radical (unpaired) electrons. The number of amides is 1. The molecule has 1 aromatic carbocycles. The highest BCUT2D eigenvalue weighted by Gasteiger charge is 2.28. The van der Waals surface area contributed by atoms with Gasteiger partial charge in [-0.3, -0.25) is 14.2 Å². The minimum Gasteiger partial charge on any atom is -0.341 e. The number of benzene rings is 1. The van der Waals surface area contributed by atoms with E-state index in [1.807, 2.05) is 15.5 Å². The van der Waals surface area contributed by atoms with Crippen LogP contribution in [0.15, 0.2) is 48.0 Å². The molecule has 1 fully saturated rings. The standard InChI is InChI=1S/C18H20N6O2/c1-13(24-10-19-16-5-3-2-4-15(16)18(24)26)17(25)22-8-6-14(7-9-22)23-11-20-21-12-23/h2-5,10-14H,6-9H2,1H3/t13-/m0/s1. The lowest BCUT2D eigenvalue weighted by molar-refractivity contribution is -0.135. The van der Waals surface area contributed by atoms with Gasteiger partial charge in [-0.1, -0.05) is 12.1 Å². The lowest BCUT2D eigenvalue weighted by Gasteiger charge is -2.34. The van der Waals surface area contributed by atoms with Crippen molar-refractivity contribution in [1.82, 2.24) is 29.2 Å². The Kier molecular flexibility index (Phi) is 4.24. The SMILES string of the molecule is C[C@@H](C(=O)N1CCC(n2cnnc2)CC1)n1cnc2ccccc2c1=O. The average Bonchev–Trinajstić information content (AvgIpc) is 3.22. The van der Waals surface area contributed by atoms with Crippen molar-refractivity contribution < 1.29 is 4.79 Å². The fourth-order valence-corrected chi connectivity index (χ4v) is 3.52. The zero-order chi connectivity index (χ0) is 18.1. The highest BCUT2D eigenvalue weighted by Crippen LogP contribution is 2.23. The maximum Gasteiger partial charge on any atom is 0.261 e. The molecule has 3 heterocycles. The Balaban J connectivity index is 1.50. The van der Waals surface area contributed by atoms with Crippen LogP contribution < -0.4 is 5.56 Å². The Bertz CT molecular complexity index is 973. The quantitative estimate of drug-likeness (QED) is 0.711. The smallest absolute Gasteiger partial charge is 0.261 e. The van der Waals surface area contributed by atoms with Gasteiger partial charge >= 0.3 is 0 Å². The number of fused-ring (bicyclic) bond motifs is 1. The van der Waals surface area contributed by atoms with E-state index >= 15 is 0 Å². The molecule has 0 N–H and O–H groups in total. The van der Waals surface area contributed by atoms with Crippen LogP contribution in [-0.4, -0.2) is 48.2 Å². The van der Waals surface area contributed by atoms with Gasteiger partial charge < -0.3 is 9.47 Å². The summed E-state index contributed by atoms with van der Waals surface area (Å²) in [7, 11) is 0. The number of likely N-dealkylation sites (tertiary alicyclic amines) is 1. The first kappa shape index (κ1) is 16.4. The summed E-state index contributed by atoms with van der Waals surface area (Å²) in [5.74, 6) is -0.0496. The van der Waals surface area contributed by atoms with E-state index in [1.165, 1.54) is 10.9 Å². The molecule has 0 spiro atoms. The normalized spacial score (nSPS) is 16.7. The molecule has 3 aromatic rings. The van der Waals surface area contributed by atoms with Crippen molar-refractivity contribution in [3.8, 4) is 0 Å². The number of rotatable bonds is 3. The van der Waals surface area contributed by atoms with E-state index < -0.39 is 6.04 Å². The van der Waals surface area contributed by atoms with Crippen molar-refractivity contribution in [2.24, 2.45) is 0 Å². The molecule has 0 aliphatic carbocycles. The molecule has 1 saturated heterocycles. The molecule has 2 aromatic heterocycles. The third-order valence-corrected chi connectivity index (χ3v) is 5.10. The fourth-order valence-electron chi connectivity index (χ4n) is 3.52. The number of nitrogens with zero attached hydrogens (tertiary/aromatic N) is 6. The van der Waals surface area contributed by atoms with Crippen LogP contribution >= 0.6 is 0 Å². The molecular weight excluding hydrogens is 332 g/mol. The first-order valence-electron chi connectivity index (χ1n) is 8.74. The summed E-state index contributed by atoms with van der Waals surface area (Å²) in [6, 6.07) is 6.92. The first-order chi connectivity index (χ1) is 12.6. The van der Waals surface area contributed by atoms with Crippen LogP contribution in [0.25, 0.3) is 10.9 Å². The van der Waals surface area contributed by atoms with Crippen molar-refractivity contribution >= 4 is 16.8 Å². The number of para-hydroxylation sites is 1. The number of piperidine rings is 1. The van der Waals surface area contributed by atoms with Crippen LogP contribution in [0.4, 0.5) is 0 Å². The van der Waals surface area contributed by atoms with Crippen molar-refractivity contribution in [3.63, 3.8) is 0 Å². The van der Waals surface area contributed by atoms with Crippen LogP contribution in [0.3, 0.4) is 0 Å². The summed E-state index contributed by atoms with van der Waals surface area (Å²) >= 11 is 0. The van der Waals surface area contributed by atoms with Crippen LogP contribution in [0.5, 0.6) is 0 Å².